The Hall–Kier alpha value is -1.63. The van der Waals surface area contributed by atoms with Gasteiger partial charge in [-0.3, -0.25) is 9.59 Å². The molecule has 2 rings (SSSR count). The van der Waals surface area contributed by atoms with Gasteiger partial charge in [-0.1, -0.05) is 6.07 Å². The van der Waals surface area contributed by atoms with Gasteiger partial charge in [-0.2, -0.15) is 0 Å². The summed E-state index contributed by atoms with van der Waals surface area (Å²) in [6, 6.07) is 7.21. The molecule has 0 aromatic heterocycles. The zero-order valence-corrected chi connectivity index (χ0v) is 12.7. The molecule has 1 aliphatic rings. The number of hydrogen-bond donors (Lipinski definition) is 2. The molecule has 3 N–H and O–H groups in total. The van der Waals surface area contributed by atoms with Crippen LogP contribution in [0.25, 0.3) is 0 Å². The van der Waals surface area contributed by atoms with Gasteiger partial charge in [-0.25, -0.2) is 0 Å². The molecule has 0 bridgehead atoms. The van der Waals surface area contributed by atoms with Crippen molar-refractivity contribution < 1.29 is 14.3 Å². The van der Waals surface area contributed by atoms with Gasteiger partial charge in [0.15, 0.2) is 0 Å². The molecule has 0 saturated carbocycles. The Morgan fingerprint density at radius 2 is 2.29 bits per heavy atom. The van der Waals surface area contributed by atoms with Crippen LogP contribution in [0.3, 0.4) is 0 Å². The summed E-state index contributed by atoms with van der Waals surface area (Å²) in [6.07, 6.45) is 0.774. The van der Waals surface area contributed by atoms with Crippen molar-refractivity contribution in [1.82, 2.24) is 0 Å². The van der Waals surface area contributed by atoms with Gasteiger partial charge in [0.2, 0.25) is 5.91 Å². The SMILES string of the molecule is COC(CN)C(=O)Nc1cccc(N2CCCC2=O)c1.Cl. The van der Waals surface area contributed by atoms with Crippen LogP contribution >= 0.6 is 12.4 Å². The van der Waals surface area contributed by atoms with Gasteiger partial charge in [0.1, 0.15) is 6.10 Å². The number of amides is 2. The molecule has 21 heavy (non-hydrogen) atoms. The maximum Gasteiger partial charge on any atom is 0.254 e. The third-order valence-corrected chi connectivity index (χ3v) is 3.29. The molecule has 1 unspecified atom stereocenters. The van der Waals surface area contributed by atoms with E-state index in [1.165, 1.54) is 7.11 Å². The number of benzene rings is 1. The topological polar surface area (TPSA) is 84.7 Å². The van der Waals surface area contributed by atoms with Crippen molar-refractivity contribution in [3.63, 3.8) is 0 Å². The fourth-order valence-corrected chi connectivity index (χ4v) is 2.21. The normalized spacial score (nSPS) is 15.5. The summed E-state index contributed by atoms with van der Waals surface area (Å²) in [5.74, 6) is -0.176. The zero-order valence-electron chi connectivity index (χ0n) is 11.9. The highest BCUT2D eigenvalue weighted by atomic mass is 35.5. The molecule has 1 saturated heterocycles. The van der Waals surface area contributed by atoms with Crippen LogP contribution in [0.1, 0.15) is 12.8 Å². The Morgan fingerprint density at radius 3 is 2.86 bits per heavy atom. The number of carbonyl (C=O) groups excluding carboxylic acids is 2. The van der Waals surface area contributed by atoms with Crippen LogP contribution in [0, 0.1) is 0 Å². The number of hydrogen-bond acceptors (Lipinski definition) is 4. The Kier molecular flexibility index (Phi) is 6.61. The average molecular weight is 314 g/mol. The largest absolute Gasteiger partial charge is 0.370 e. The van der Waals surface area contributed by atoms with Crippen molar-refractivity contribution in [2.45, 2.75) is 18.9 Å². The van der Waals surface area contributed by atoms with Gasteiger partial charge in [-0.15, -0.1) is 12.4 Å². The molecule has 116 valence electrons. The monoisotopic (exact) mass is 313 g/mol. The van der Waals surface area contributed by atoms with E-state index in [1.54, 1.807) is 23.1 Å². The van der Waals surface area contributed by atoms with Crippen molar-refractivity contribution in [2.24, 2.45) is 5.73 Å². The first kappa shape index (κ1) is 17.4. The van der Waals surface area contributed by atoms with E-state index in [0.717, 1.165) is 18.7 Å². The average Bonchev–Trinajstić information content (AvgIpc) is 2.86. The van der Waals surface area contributed by atoms with Crippen LogP contribution in [0.4, 0.5) is 11.4 Å². The van der Waals surface area contributed by atoms with Gasteiger partial charge in [0, 0.05) is 38.0 Å². The predicted octanol–water partition coefficient (Wildman–Crippen LogP) is 1.15. The molecule has 1 heterocycles. The van der Waals surface area contributed by atoms with Crippen molar-refractivity contribution in [2.75, 3.05) is 30.4 Å². The minimum Gasteiger partial charge on any atom is -0.370 e. The van der Waals surface area contributed by atoms with E-state index in [-0.39, 0.29) is 30.8 Å². The van der Waals surface area contributed by atoms with Gasteiger partial charge in [-0.05, 0) is 24.6 Å². The summed E-state index contributed by atoms with van der Waals surface area (Å²) in [7, 11) is 1.44. The molecule has 0 radical (unpaired) electrons. The van der Waals surface area contributed by atoms with Gasteiger partial charge >= 0.3 is 0 Å². The van der Waals surface area contributed by atoms with Crippen molar-refractivity contribution in [3.05, 3.63) is 24.3 Å². The first-order valence-electron chi connectivity index (χ1n) is 6.60. The molecule has 1 aromatic carbocycles. The number of nitrogens with two attached hydrogens (primary N) is 1. The smallest absolute Gasteiger partial charge is 0.254 e. The van der Waals surface area contributed by atoms with Crippen molar-refractivity contribution in [3.8, 4) is 0 Å². The molecule has 1 atom stereocenters. The zero-order chi connectivity index (χ0) is 14.5. The number of nitrogens with zero attached hydrogens (tertiary/aromatic N) is 1. The highest BCUT2D eigenvalue weighted by Gasteiger charge is 2.22. The number of methoxy groups -OCH3 is 1. The lowest BCUT2D eigenvalue weighted by molar-refractivity contribution is -0.125. The molecule has 6 nitrogen and oxygen atoms in total. The van der Waals surface area contributed by atoms with Crippen LogP contribution in [0.5, 0.6) is 0 Å². The lowest BCUT2D eigenvalue weighted by atomic mass is 10.2. The Bertz CT molecular complexity index is 506. The molecule has 0 aliphatic carbocycles. The maximum absolute atomic E-state index is 11.9. The van der Waals surface area contributed by atoms with E-state index in [2.05, 4.69) is 5.32 Å². The number of carbonyl (C=O) groups is 2. The fraction of sp³-hybridized carbons (Fsp3) is 0.429. The third kappa shape index (κ3) is 4.17. The minimum absolute atomic E-state index is 0. The third-order valence-electron chi connectivity index (χ3n) is 3.29. The molecular formula is C14H20ClN3O3. The van der Waals surface area contributed by atoms with Gasteiger partial charge in [0.25, 0.3) is 5.91 Å². The molecule has 1 fully saturated rings. The highest BCUT2D eigenvalue weighted by molar-refractivity contribution is 5.98. The molecule has 1 aromatic rings. The fourth-order valence-electron chi connectivity index (χ4n) is 2.21. The first-order chi connectivity index (χ1) is 9.65. The summed E-state index contributed by atoms with van der Waals surface area (Å²) < 4.78 is 4.98. The lowest BCUT2D eigenvalue weighted by Crippen LogP contribution is -2.36. The van der Waals surface area contributed by atoms with E-state index in [0.29, 0.717) is 12.1 Å². The van der Waals surface area contributed by atoms with Crippen LogP contribution in [0.15, 0.2) is 24.3 Å². The quantitative estimate of drug-likeness (QED) is 0.854. The minimum atomic E-state index is -0.674. The first-order valence-corrected chi connectivity index (χ1v) is 6.60. The van der Waals surface area contributed by atoms with E-state index in [9.17, 15) is 9.59 Å². The molecule has 7 heteroatoms. The molecule has 0 spiro atoms. The Morgan fingerprint density at radius 1 is 1.52 bits per heavy atom. The number of halogens is 1. The number of rotatable bonds is 5. The van der Waals surface area contributed by atoms with Gasteiger partial charge in [0.05, 0.1) is 0 Å². The van der Waals surface area contributed by atoms with Crippen molar-refractivity contribution >= 4 is 35.6 Å². The number of ether oxygens (including phenoxy) is 1. The Labute approximate surface area is 130 Å². The van der Waals surface area contributed by atoms with Crippen LogP contribution in [-0.4, -0.2) is 38.1 Å². The van der Waals surface area contributed by atoms with Crippen LogP contribution in [-0.2, 0) is 14.3 Å². The van der Waals surface area contributed by atoms with Crippen molar-refractivity contribution in [1.29, 1.82) is 0 Å². The standard InChI is InChI=1S/C14H19N3O3.ClH/c1-20-12(9-15)14(19)16-10-4-2-5-11(8-10)17-7-3-6-13(17)18;/h2,4-5,8,12H,3,6-7,9,15H2,1H3,(H,16,19);1H. The van der Waals surface area contributed by atoms with E-state index in [1.807, 2.05) is 6.07 Å². The number of nitrogens with one attached hydrogen (secondary N) is 1. The summed E-state index contributed by atoms with van der Waals surface area (Å²) in [5.41, 5.74) is 6.87. The summed E-state index contributed by atoms with van der Waals surface area (Å²) in [5, 5.41) is 2.74. The van der Waals surface area contributed by atoms with E-state index < -0.39 is 6.10 Å². The summed E-state index contributed by atoms with van der Waals surface area (Å²) >= 11 is 0. The predicted molar refractivity (Wildman–Crippen MR) is 83.8 cm³/mol. The second-order valence-corrected chi connectivity index (χ2v) is 4.65. The number of anilines is 2. The summed E-state index contributed by atoms with van der Waals surface area (Å²) in [6.45, 7) is 0.840. The second-order valence-electron chi connectivity index (χ2n) is 4.65. The Balaban J connectivity index is 0.00000220. The maximum atomic E-state index is 11.9. The van der Waals surface area contributed by atoms with E-state index in [4.69, 9.17) is 10.5 Å². The van der Waals surface area contributed by atoms with Crippen LogP contribution in [0.2, 0.25) is 0 Å². The highest BCUT2D eigenvalue weighted by Crippen LogP contribution is 2.24. The second kappa shape index (κ2) is 7.97. The lowest BCUT2D eigenvalue weighted by Gasteiger charge is -2.18. The summed E-state index contributed by atoms with van der Waals surface area (Å²) in [4.78, 5) is 25.3. The molecule has 1 aliphatic heterocycles. The van der Waals surface area contributed by atoms with Gasteiger partial charge < -0.3 is 20.7 Å². The van der Waals surface area contributed by atoms with E-state index >= 15 is 0 Å². The molecular weight excluding hydrogens is 294 g/mol. The van der Waals surface area contributed by atoms with Crippen LogP contribution < -0.4 is 16.0 Å². The molecule has 2 amide bonds.